The molecule has 1 amide bonds. The lowest BCUT2D eigenvalue weighted by Crippen LogP contribution is -2.49. The third kappa shape index (κ3) is 4.15. The molecule has 6 nitrogen and oxygen atoms in total. The van der Waals surface area contributed by atoms with E-state index in [1.165, 1.54) is 7.11 Å². The Kier molecular flexibility index (Phi) is 4.85. The predicted molar refractivity (Wildman–Crippen MR) is 79.1 cm³/mol. The topological polar surface area (TPSA) is 70.6 Å². The van der Waals surface area contributed by atoms with Crippen LogP contribution in [-0.4, -0.2) is 55.2 Å². The van der Waals surface area contributed by atoms with Gasteiger partial charge in [-0.05, 0) is 19.4 Å². The maximum absolute atomic E-state index is 10.7. The Morgan fingerprint density at radius 3 is 2.76 bits per heavy atom. The van der Waals surface area contributed by atoms with Gasteiger partial charge in [0.1, 0.15) is 24.9 Å². The van der Waals surface area contributed by atoms with E-state index in [0.717, 1.165) is 36.6 Å². The SMILES string of the molecule is COC1=CC(C)(S[N+]2(C)CCOCC2)CC=C1NC(=O)[O-]. The van der Waals surface area contributed by atoms with E-state index in [-0.39, 0.29) is 4.75 Å². The van der Waals surface area contributed by atoms with Crippen molar-refractivity contribution in [2.24, 2.45) is 0 Å². The van der Waals surface area contributed by atoms with Crippen LogP contribution in [-0.2, 0) is 9.47 Å². The molecule has 0 bridgehead atoms. The monoisotopic (exact) mass is 314 g/mol. The average Bonchev–Trinajstić information content (AvgIpc) is 2.40. The fourth-order valence-electron chi connectivity index (χ4n) is 2.60. The minimum absolute atomic E-state index is 0.144. The van der Waals surface area contributed by atoms with Crippen LogP contribution in [0.15, 0.2) is 23.6 Å². The summed E-state index contributed by atoms with van der Waals surface area (Å²) in [4.78, 5) is 10.7. The number of ether oxygens (including phenoxy) is 2. The van der Waals surface area contributed by atoms with Gasteiger partial charge in [0.25, 0.3) is 0 Å². The number of carbonyl (C=O) groups is 1. The van der Waals surface area contributed by atoms with Gasteiger partial charge in [-0.25, -0.2) is 0 Å². The highest BCUT2D eigenvalue weighted by molar-refractivity contribution is 7.95. The van der Waals surface area contributed by atoms with Crippen molar-refractivity contribution in [3.8, 4) is 0 Å². The second kappa shape index (κ2) is 6.29. The summed E-state index contributed by atoms with van der Waals surface area (Å²) >= 11 is 1.85. The summed E-state index contributed by atoms with van der Waals surface area (Å²) in [6.45, 7) is 5.61. The van der Waals surface area contributed by atoms with Crippen molar-refractivity contribution in [2.45, 2.75) is 18.1 Å². The van der Waals surface area contributed by atoms with Crippen LogP contribution in [0, 0.1) is 0 Å². The van der Waals surface area contributed by atoms with E-state index in [1.54, 1.807) is 0 Å². The van der Waals surface area contributed by atoms with Gasteiger partial charge < -0.3 is 24.7 Å². The number of amides is 1. The fourth-order valence-corrected chi connectivity index (χ4v) is 4.25. The number of nitrogens with zero attached hydrogens (tertiary/aromatic N) is 1. The zero-order valence-electron chi connectivity index (χ0n) is 12.7. The Balaban J connectivity index is 2.11. The van der Waals surface area contributed by atoms with Gasteiger partial charge >= 0.3 is 0 Å². The lowest BCUT2D eigenvalue weighted by Gasteiger charge is -2.41. The zero-order valence-corrected chi connectivity index (χ0v) is 13.5. The van der Waals surface area contributed by atoms with Crippen molar-refractivity contribution in [1.29, 1.82) is 0 Å². The molecular weight excluding hydrogens is 292 g/mol. The first-order valence-electron chi connectivity index (χ1n) is 6.94. The summed E-state index contributed by atoms with van der Waals surface area (Å²) < 4.78 is 11.5. The van der Waals surface area contributed by atoms with Crippen LogP contribution in [0.1, 0.15) is 13.3 Å². The third-order valence-electron chi connectivity index (χ3n) is 3.72. The van der Waals surface area contributed by atoms with E-state index < -0.39 is 6.09 Å². The number of likely N-dealkylation sites (N-methyl/N-ethyl adjacent to an activating group) is 1. The van der Waals surface area contributed by atoms with E-state index in [0.29, 0.717) is 11.5 Å². The number of quaternary nitrogens is 1. The van der Waals surface area contributed by atoms with E-state index in [2.05, 4.69) is 19.3 Å². The van der Waals surface area contributed by atoms with Crippen LogP contribution in [0.3, 0.4) is 0 Å². The minimum Gasteiger partial charge on any atom is -0.530 e. The van der Waals surface area contributed by atoms with Crippen molar-refractivity contribution in [3.63, 3.8) is 0 Å². The van der Waals surface area contributed by atoms with Gasteiger partial charge in [0.15, 0.2) is 0 Å². The van der Waals surface area contributed by atoms with Crippen LogP contribution >= 0.6 is 11.9 Å². The fraction of sp³-hybridized carbons (Fsp3) is 0.643. The normalized spacial score (nSPS) is 28.3. The van der Waals surface area contributed by atoms with Gasteiger partial charge in [-0.2, -0.15) is 0 Å². The average molecular weight is 314 g/mol. The number of rotatable bonds is 4. The summed E-state index contributed by atoms with van der Waals surface area (Å²) in [5.41, 5.74) is 0.459. The molecule has 1 fully saturated rings. The van der Waals surface area contributed by atoms with Gasteiger partial charge in [-0.1, -0.05) is 6.08 Å². The Morgan fingerprint density at radius 1 is 1.52 bits per heavy atom. The second-order valence-corrected chi connectivity index (χ2v) is 7.70. The Hall–Kier alpha value is -1.18. The molecule has 118 valence electrons. The molecule has 2 rings (SSSR count). The molecule has 1 saturated heterocycles. The number of hydrogen-bond acceptors (Lipinski definition) is 5. The van der Waals surface area contributed by atoms with Crippen molar-refractivity contribution in [1.82, 2.24) is 5.32 Å². The van der Waals surface area contributed by atoms with Gasteiger partial charge in [-0.15, -0.1) is 0 Å². The Bertz CT molecular complexity index is 472. The molecular formula is C14H22N2O4S. The van der Waals surface area contributed by atoms with Crippen molar-refractivity contribution in [3.05, 3.63) is 23.6 Å². The molecule has 21 heavy (non-hydrogen) atoms. The molecule has 1 N–H and O–H groups in total. The number of hydrogen-bond donors (Lipinski definition) is 1. The van der Waals surface area contributed by atoms with Gasteiger partial charge in [0, 0.05) is 0 Å². The van der Waals surface area contributed by atoms with Crippen LogP contribution in [0.25, 0.3) is 0 Å². The summed E-state index contributed by atoms with van der Waals surface area (Å²) in [6, 6.07) is 0. The maximum Gasteiger partial charge on any atom is 0.139 e. The molecule has 1 aliphatic heterocycles. The highest BCUT2D eigenvalue weighted by atomic mass is 32.2. The molecule has 1 aliphatic carbocycles. The first kappa shape index (κ1) is 16.2. The van der Waals surface area contributed by atoms with Crippen LogP contribution in [0.5, 0.6) is 0 Å². The van der Waals surface area contributed by atoms with E-state index in [1.807, 2.05) is 24.1 Å². The van der Waals surface area contributed by atoms with Crippen molar-refractivity contribution < 1.29 is 23.3 Å². The molecule has 1 unspecified atom stereocenters. The number of carbonyl (C=O) groups excluding carboxylic acids is 1. The lowest BCUT2D eigenvalue weighted by molar-refractivity contribution is -0.785. The molecule has 0 aromatic heterocycles. The summed E-state index contributed by atoms with van der Waals surface area (Å²) in [5.74, 6) is 0.542. The molecule has 7 heteroatoms. The highest BCUT2D eigenvalue weighted by Crippen LogP contribution is 2.42. The number of carboxylic acid groups (broad SMARTS) is 1. The van der Waals surface area contributed by atoms with Gasteiger partial charge in [-0.3, -0.25) is 3.89 Å². The smallest absolute Gasteiger partial charge is 0.139 e. The van der Waals surface area contributed by atoms with Gasteiger partial charge in [0.05, 0.1) is 49.8 Å². The van der Waals surface area contributed by atoms with Crippen molar-refractivity contribution >= 4 is 18.0 Å². The number of morpholine rings is 1. The maximum atomic E-state index is 10.7. The third-order valence-corrected chi connectivity index (χ3v) is 5.22. The van der Waals surface area contributed by atoms with E-state index in [4.69, 9.17) is 9.47 Å². The molecule has 1 atom stereocenters. The van der Waals surface area contributed by atoms with Crippen LogP contribution in [0.4, 0.5) is 4.79 Å². The number of methoxy groups -OCH3 is 1. The summed E-state index contributed by atoms with van der Waals surface area (Å²) in [7, 11) is 3.75. The first-order chi connectivity index (χ1) is 9.86. The molecule has 0 spiro atoms. The largest absolute Gasteiger partial charge is 0.530 e. The minimum atomic E-state index is -1.33. The first-order valence-corrected chi connectivity index (χ1v) is 7.72. The zero-order chi connectivity index (χ0) is 15.5. The lowest BCUT2D eigenvalue weighted by atomic mass is 9.99. The molecule has 0 aromatic rings. The standard InChI is InChI=1S/C14H22N2O4S/c1-14(21-16(2)6-8-20-9-7-16)5-4-11(15-13(17)18)12(10-14)19-3/h4,10,15H,5-9H2,1-3H3. The Labute approximate surface area is 129 Å². The summed E-state index contributed by atoms with van der Waals surface area (Å²) in [5, 5.41) is 13.0. The molecule has 0 aromatic carbocycles. The van der Waals surface area contributed by atoms with Crippen molar-refractivity contribution in [2.75, 3.05) is 40.5 Å². The highest BCUT2D eigenvalue weighted by Gasteiger charge is 2.39. The number of allylic oxidation sites excluding steroid dienone is 1. The molecule has 2 aliphatic rings. The number of nitrogens with one attached hydrogen (secondary N) is 1. The molecule has 1 heterocycles. The van der Waals surface area contributed by atoms with Crippen LogP contribution < -0.4 is 10.4 Å². The second-order valence-electron chi connectivity index (χ2n) is 5.71. The van der Waals surface area contributed by atoms with E-state index in [9.17, 15) is 9.90 Å². The Morgan fingerprint density at radius 2 is 2.19 bits per heavy atom. The van der Waals surface area contributed by atoms with E-state index >= 15 is 0 Å². The molecule has 0 radical (unpaired) electrons. The van der Waals surface area contributed by atoms with Gasteiger partial charge in [0.2, 0.25) is 0 Å². The summed E-state index contributed by atoms with van der Waals surface area (Å²) in [6.07, 6.45) is 3.25. The quantitative estimate of drug-likeness (QED) is 0.608. The molecule has 0 saturated carbocycles. The predicted octanol–water partition coefficient (Wildman–Crippen LogP) is 0.621. The van der Waals surface area contributed by atoms with Crippen LogP contribution in [0.2, 0.25) is 0 Å².